The molecule has 1 aromatic rings. The molecule has 1 N–H and O–H groups in total. The van der Waals surface area contributed by atoms with Crippen LogP contribution in [-0.4, -0.2) is 12.6 Å². The number of fused-ring (bicyclic) bond motifs is 1. The smallest absolute Gasteiger partial charge is 0.119 e. The normalized spacial score (nSPS) is 31.1. The summed E-state index contributed by atoms with van der Waals surface area (Å²) in [4.78, 5) is 0. The Morgan fingerprint density at radius 2 is 1.94 bits per heavy atom. The number of rotatable bonds is 3. The van der Waals surface area contributed by atoms with Gasteiger partial charge in [0.15, 0.2) is 0 Å². The highest BCUT2D eigenvalue weighted by atomic mass is 16.5. The second-order valence-corrected chi connectivity index (χ2v) is 5.61. The van der Waals surface area contributed by atoms with Gasteiger partial charge in [0.25, 0.3) is 0 Å². The summed E-state index contributed by atoms with van der Waals surface area (Å²) >= 11 is 0. The summed E-state index contributed by atoms with van der Waals surface area (Å²) in [7, 11) is 0. The second-order valence-electron chi connectivity index (χ2n) is 5.61. The minimum atomic E-state index is 0.564. The molecule has 0 bridgehead atoms. The molecule has 2 nitrogen and oxygen atoms in total. The Kier molecular flexibility index (Phi) is 3.55. The Morgan fingerprint density at radius 1 is 1.17 bits per heavy atom. The molecule has 1 aliphatic heterocycles. The summed E-state index contributed by atoms with van der Waals surface area (Å²) in [5, 5.41) is 3.82. The van der Waals surface area contributed by atoms with Crippen LogP contribution in [0.4, 0.5) is 0 Å². The van der Waals surface area contributed by atoms with Crippen molar-refractivity contribution in [3.8, 4) is 5.75 Å². The standard InChI is InChI=1S/C16H23NO/c1-2-18-14-9-7-12(8-10-14)16-11-13-5-3-4-6-15(13)17-16/h7-10,13,15-17H,2-6,11H2,1H3. The van der Waals surface area contributed by atoms with Crippen LogP contribution in [0.25, 0.3) is 0 Å². The molecule has 3 unspecified atom stereocenters. The number of nitrogens with one attached hydrogen (secondary N) is 1. The van der Waals surface area contributed by atoms with Gasteiger partial charge in [-0.1, -0.05) is 25.0 Å². The van der Waals surface area contributed by atoms with Gasteiger partial charge in [0.2, 0.25) is 0 Å². The minimum Gasteiger partial charge on any atom is -0.494 e. The Bertz CT molecular complexity index is 373. The topological polar surface area (TPSA) is 21.3 Å². The van der Waals surface area contributed by atoms with Crippen molar-refractivity contribution in [2.45, 2.75) is 51.1 Å². The summed E-state index contributed by atoms with van der Waals surface area (Å²) in [5.74, 6) is 1.90. The van der Waals surface area contributed by atoms with Crippen LogP contribution in [0.3, 0.4) is 0 Å². The van der Waals surface area contributed by atoms with Gasteiger partial charge in [-0.05, 0) is 49.8 Å². The van der Waals surface area contributed by atoms with Gasteiger partial charge in [-0.3, -0.25) is 0 Å². The first-order valence-corrected chi connectivity index (χ1v) is 7.35. The van der Waals surface area contributed by atoms with Crippen LogP contribution in [0.1, 0.15) is 50.6 Å². The molecule has 1 heterocycles. The van der Waals surface area contributed by atoms with Gasteiger partial charge in [-0.2, -0.15) is 0 Å². The van der Waals surface area contributed by atoms with Crippen molar-refractivity contribution >= 4 is 0 Å². The fourth-order valence-electron chi connectivity index (χ4n) is 3.53. The van der Waals surface area contributed by atoms with Gasteiger partial charge in [0.05, 0.1) is 6.61 Å². The lowest BCUT2D eigenvalue weighted by atomic mass is 9.84. The highest BCUT2D eigenvalue weighted by molar-refractivity contribution is 5.30. The van der Waals surface area contributed by atoms with Crippen molar-refractivity contribution in [3.05, 3.63) is 29.8 Å². The minimum absolute atomic E-state index is 0.564. The van der Waals surface area contributed by atoms with Gasteiger partial charge in [-0.15, -0.1) is 0 Å². The number of hydrogen-bond acceptors (Lipinski definition) is 2. The average molecular weight is 245 g/mol. The first-order valence-electron chi connectivity index (χ1n) is 7.35. The fourth-order valence-corrected chi connectivity index (χ4v) is 3.53. The zero-order chi connectivity index (χ0) is 12.4. The molecule has 1 saturated carbocycles. The molecular formula is C16H23NO. The third kappa shape index (κ3) is 2.39. The summed E-state index contributed by atoms with van der Waals surface area (Å²) in [6.07, 6.45) is 6.95. The first kappa shape index (κ1) is 12.0. The van der Waals surface area contributed by atoms with Gasteiger partial charge in [0.1, 0.15) is 5.75 Å². The summed E-state index contributed by atoms with van der Waals surface area (Å²) < 4.78 is 5.50. The van der Waals surface area contributed by atoms with E-state index in [0.717, 1.165) is 24.3 Å². The van der Waals surface area contributed by atoms with Crippen LogP contribution < -0.4 is 10.1 Å². The van der Waals surface area contributed by atoms with Crippen molar-refractivity contribution in [1.29, 1.82) is 0 Å². The molecule has 2 aliphatic rings. The second kappa shape index (κ2) is 5.31. The summed E-state index contributed by atoms with van der Waals surface area (Å²) in [6, 6.07) is 9.98. The van der Waals surface area contributed by atoms with Crippen LogP contribution >= 0.6 is 0 Å². The predicted octanol–water partition coefficient (Wildman–Crippen LogP) is 3.68. The third-order valence-corrected chi connectivity index (χ3v) is 4.46. The molecule has 0 radical (unpaired) electrons. The Labute approximate surface area is 110 Å². The van der Waals surface area contributed by atoms with Crippen molar-refractivity contribution in [1.82, 2.24) is 5.32 Å². The van der Waals surface area contributed by atoms with E-state index in [9.17, 15) is 0 Å². The Hall–Kier alpha value is -1.02. The van der Waals surface area contributed by atoms with Crippen molar-refractivity contribution in [3.63, 3.8) is 0 Å². The van der Waals surface area contributed by atoms with E-state index in [0.29, 0.717) is 6.04 Å². The van der Waals surface area contributed by atoms with Crippen molar-refractivity contribution in [2.24, 2.45) is 5.92 Å². The van der Waals surface area contributed by atoms with E-state index in [1.54, 1.807) is 0 Å². The van der Waals surface area contributed by atoms with E-state index in [1.807, 2.05) is 6.92 Å². The van der Waals surface area contributed by atoms with E-state index in [1.165, 1.54) is 37.7 Å². The van der Waals surface area contributed by atoms with E-state index in [4.69, 9.17) is 4.74 Å². The van der Waals surface area contributed by atoms with Gasteiger partial charge >= 0.3 is 0 Å². The predicted molar refractivity (Wildman–Crippen MR) is 73.9 cm³/mol. The molecule has 0 amide bonds. The summed E-state index contributed by atoms with van der Waals surface area (Å²) in [6.45, 7) is 2.77. The molecule has 1 aromatic carbocycles. The largest absolute Gasteiger partial charge is 0.494 e. The molecule has 2 heteroatoms. The Balaban J connectivity index is 1.68. The summed E-state index contributed by atoms with van der Waals surface area (Å²) in [5.41, 5.74) is 1.42. The molecule has 0 spiro atoms. The number of hydrogen-bond donors (Lipinski definition) is 1. The fraction of sp³-hybridized carbons (Fsp3) is 0.625. The molecular weight excluding hydrogens is 222 g/mol. The van der Waals surface area contributed by atoms with Crippen LogP contribution in [0.5, 0.6) is 5.75 Å². The molecule has 2 fully saturated rings. The molecule has 1 aliphatic carbocycles. The van der Waals surface area contributed by atoms with Crippen molar-refractivity contribution < 1.29 is 4.74 Å². The van der Waals surface area contributed by atoms with Crippen LogP contribution in [0.15, 0.2) is 24.3 Å². The van der Waals surface area contributed by atoms with Gasteiger partial charge in [0, 0.05) is 12.1 Å². The van der Waals surface area contributed by atoms with E-state index in [-0.39, 0.29) is 0 Å². The maximum absolute atomic E-state index is 5.50. The van der Waals surface area contributed by atoms with E-state index < -0.39 is 0 Å². The zero-order valence-electron chi connectivity index (χ0n) is 11.2. The molecule has 98 valence electrons. The van der Waals surface area contributed by atoms with Crippen molar-refractivity contribution in [2.75, 3.05) is 6.61 Å². The van der Waals surface area contributed by atoms with Gasteiger partial charge < -0.3 is 10.1 Å². The number of benzene rings is 1. The van der Waals surface area contributed by atoms with Gasteiger partial charge in [-0.25, -0.2) is 0 Å². The SMILES string of the molecule is CCOc1ccc(C2CC3CCCCC3N2)cc1. The third-order valence-electron chi connectivity index (χ3n) is 4.46. The molecule has 0 aromatic heterocycles. The molecule has 3 rings (SSSR count). The van der Waals surface area contributed by atoms with E-state index in [2.05, 4.69) is 29.6 Å². The highest BCUT2D eigenvalue weighted by Gasteiger charge is 2.35. The Morgan fingerprint density at radius 3 is 2.67 bits per heavy atom. The monoisotopic (exact) mass is 245 g/mol. The maximum Gasteiger partial charge on any atom is 0.119 e. The van der Waals surface area contributed by atoms with Crippen LogP contribution in [0.2, 0.25) is 0 Å². The molecule has 1 saturated heterocycles. The average Bonchev–Trinajstić information content (AvgIpc) is 2.84. The zero-order valence-corrected chi connectivity index (χ0v) is 11.2. The first-order chi connectivity index (χ1) is 8.86. The maximum atomic E-state index is 5.50. The lowest BCUT2D eigenvalue weighted by Crippen LogP contribution is -2.30. The lowest BCUT2D eigenvalue weighted by Gasteiger charge is -2.24. The highest BCUT2D eigenvalue weighted by Crippen LogP contribution is 2.39. The lowest BCUT2D eigenvalue weighted by molar-refractivity contribution is 0.325. The van der Waals surface area contributed by atoms with Crippen LogP contribution in [-0.2, 0) is 0 Å². The number of ether oxygens (including phenoxy) is 1. The molecule has 18 heavy (non-hydrogen) atoms. The molecule has 3 atom stereocenters. The quantitative estimate of drug-likeness (QED) is 0.877. The van der Waals surface area contributed by atoms with E-state index >= 15 is 0 Å². The van der Waals surface area contributed by atoms with Crippen LogP contribution in [0, 0.1) is 5.92 Å².